The molecule has 0 spiro atoms. The van der Waals surface area contributed by atoms with Crippen molar-refractivity contribution in [2.75, 3.05) is 12.3 Å². The molecule has 0 aromatic carbocycles. The normalized spacial score (nSPS) is 15.8. The molecule has 2 rings (SSSR count). The van der Waals surface area contributed by atoms with Crippen molar-refractivity contribution in [1.29, 1.82) is 0 Å². The zero-order chi connectivity index (χ0) is 11.5. The van der Waals surface area contributed by atoms with Gasteiger partial charge in [-0.15, -0.1) is 0 Å². The number of hydrogen-bond acceptors (Lipinski definition) is 2. The van der Waals surface area contributed by atoms with Gasteiger partial charge in [-0.3, -0.25) is 4.79 Å². The van der Waals surface area contributed by atoms with Crippen molar-refractivity contribution in [3.63, 3.8) is 0 Å². The first-order valence-electron chi connectivity index (χ1n) is 5.87. The molecule has 0 unspecified atom stereocenters. The van der Waals surface area contributed by atoms with Crippen LogP contribution in [0.1, 0.15) is 36.2 Å². The van der Waals surface area contributed by atoms with Gasteiger partial charge in [0, 0.05) is 19.8 Å². The SMILES string of the molecule is Cn1cc(N)cc1C(=O)NCCC1CCC1. The molecule has 88 valence electrons. The molecule has 1 amide bonds. The molecule has 4 heteroatoms. The molecular weight excluding hydrogens is 202 g/mol. The second kappa shape index (κ2) is 4.60. The fraction of sp³-hybridized carbons (Fsp3) is 0.583. The predicted octanol–water partition coefficient (Wildman–Crippen LogP) is 1.53. The van der Waals surface area contributed by atoms with E-state index in [-0.39, 0.29) is 5.91 Å². The van der Waals surface area contributed by atoms with Crippen LogP contribution < -0.4 is 11.1 Å². The summed E-state index contributed by atoms with van der Waals surface area (Å²) in [6.07, 6.45) is 6.86. The Hall–Kier alpha value is -1.45. The van der Waals surface area contributed by atoms with Gasteiger partial charge in [-0.25, -0.2) is 0 Å². The largest absolute Gasteiger partial charge is 0.397 e. The zero-order valence-electron chi connectivity index (χ0n) is 9.70. The molecule has 3 N–H and O–H groups in total. The smallest absolute Gasteiger partial charge is 0.267 e. The van der Waals surface area contributed by atoms with Crippen molar-refractivity contribution in [3.05, 3.63) is 18.0 Å². The van der Waals surface area contributed by atoms with Gasteiger partial charge >= 0.3 is 0 Å². The lowest BCUT2D eigenvalue weighted by Gasteiger charge is -2.25. The summed E-state index contributed by atoms with van der Waals surface area (Å²) in [5.74, 6) is 0.803. The molecule has 0 aliphatic heterocycles. The van der Waals surface area contributed by atoms with Crippen LogP contribution >= 0.6 is 0 Å². The molecule has 16 heavy (non-hydrogen) atoms. The number of nitrogen functional groups attached to an aromatic ring is 1. The van der Waals surface area contributed by atoms with E-state index in [0.717, 1.165) is 18.9 Å². The van der Waals surface area contributed by atoms with Crippen LogP contribution in [0.25, 0.3) is 0 Å². The van der Waals surface area contributed by atoms with E-state index < -0.39 is 0 Å². The average molecular weight is 221 g/mol. The van der Waals surface area contributed by atoms with Gasteiger partial charge in [0.15, 0.2) is 0 Å². The highest BCUT2D eigenvalue weighted by atomic mass is 16.1. The zero-order valence-corrected chi connectivity index (χ0v) is 9.70. The standard InChI is InChI=1S/C12H19N3O/c1-15-8-10(13)7-11(15)12(16)14-6-5-9-3-2-4-9/h7-9H,2-6,13H2,1H3,(H,14,16). The molecule has 0 saturated heterocycles. The maximum Gasteiger partial charge on any atom is 0.267 e. The summed E-state index contributed by atoms with van der Waals surface area (Å²) in [5.41, 5.74) is 6.89. The molecule has 1 aliphatic carbocycles. The summed E-state index contributed by atoms with van der Waals surface area (Å²) in [6.45, 7) is 0.772. The van der Waals surface area contributed by atoms with Gasteiger partial charge in [-0.1, -0.05) is 19.3 Å². The highest BCUT2D eigenvalue weighted by Gasteiger charge is 2.17. The van der Waals surface area contributed by atoms with Crippen LogP contribution in [0.15, 0.2) is 12.3 Å². The number of aromatic nitrogens is 1. The van der Waals surface area contributed by atoms with E-state index in [1.807, 2.05) is 7.05 Å². The third-order valence-corrected chi connectivity index (χ3v) is 3.32. The minimum Gasteiger partial charge on any atom is -0.397 e. The third-order valence-electron chi connectivity index (χ3n) is 3.32. The summed E-state index contributed by atoms with van der Waals surface area (Å²) in [5, 5.41) is 2.94. The van der Waals surface area contributed by atoms with E-state index in [1.165, 1.54) is 19.3 Å². The van der Waals surface area contributed by atoms with Crippen LogP contribution in [-0.2, 0) is 7.05 Å². The van der Waals surface area contributed by atoms with Crippen LogP contribution in [0.4, 0.5) is 5.69 Å². The lowest BCUT2D eigenvalue weighted by atomic mass is 9.83. The number of rotatable bonds is 4. The predicted molar refractivity (Wildman–Crippen MR) is 64.1 cm³/mol. The fourth-order valence-corrected chi connectivity index (χ4v) is 2.08. The maximum absolute atomic E-state index is 11.8. The van der Waals surface area contributed by atoms with Gasteiger partial charge in [0.2, 0.25) is 0 Å². The van der Waals surface area contributed by atoms with Crippen LogP contribution in [0.5, 0.6) is 0 Å². The summed E-state index contributed by atoms with van der Waals surface area (Å²) < 4.78 is 1.76. The van der Waals surface area contributed by atoms with Crippen LogP contribution in [-0.4, -0.2) is 17.0 Å². The maximum atomic E-state index is 11.8. The molecule has 1 heterocycles. The molecule has 4 nitrogen and oxygen atoms in total. The Labute approximate surface area is 95.8 Å². The number of nitrogens with two attached hydrogens (primary N) is 1. The van der Waals surface area contributed by atoms with Crippen molar-refractivity contribution < 1.29 is 4.79 Å². The van der Waals surface area contributed by atoms with Gasteiger partial charge in [-0.05, 0) is 18.4 Å². The van der Waals surface area contributed by atoms with E-state index in [2.05, 4.69) is 5.32 Å². The fourth-order valence-electron chi connectivity index (χ4n) is 2.08. The molecule has 1 fully saturated rings. The van der Waals surface area contributed by atoms with E-state index in [1.54, 1.807) is 16.8 Å². The van der Waals surface area contributed by atoms with Crippen LogP contribution in [0, 0.1) is 5.92 Å². The number of amides is 1. The van der Waals surface area contributed by atoms with Crippen molar-refractivity contribution in [2.45, 2.75) is 25.7 Å². The number of anilines is 1. The minimum atomic E-state index is -0.0291. The Morgan fingerprint density at radius 1 is 1.62 bits per heavy atom. The number of nitrogens with zero attached hydrogens (tertiary/aromatic N) is 1. The topological polar surface area (TPSA) is 60.0 Å². The Morgan fingerprint density at radius 2 is 2.38 bits per heavy atom. The van der Waals surface area contributed by atoms with Crippen LogP contribution in [0.2, 0.25) is 0 Å². The Kier molecular flexibility index (Phi) is 3.17. The minimum absolute atomic E-state index is 0.0291. The summed E-state index contributed by atoms with van der Waals surface area (Å²) in [7, 11) is 1.83. The quantitative estimate of drug-likeness (QED) is 0.810. The van der Waals surface area contributed by atoms with E-state index >= 15 is 0 Å². The Balaban J connectivity index is 1.80. The van der Waals surface area contributed by atoms with E-state index in [9.17, 15) is 4.79 Å². The number of carbonyl (C=O) groups excluding carboxylic acids is 1. The summed E-state index contributed by atoms with van der Waals surface area (Å²) in [4.78, 5) is 11.8. The Morgan fingerprint density at radius 3 is 2.88 bits per heavy atom. The first-order valence-corrected chi connectivity index (χ1v) is 5.87. The molecule has 0 atom stereocenters. The molecule has 1 aromatic heterocycles. The summed E-state index contributed by atoms with van der Waals surface area (Å²) >= 11 is 0. The molecular formula is C12H19N3O. The number of hydrogen-bond donors (Lipinski definition) is 2. The van der Waals surface area contributed by atoms with Gasteiger partial charge in [0.05, 0.1) is 5.69 Å². The highest BCUT2D eigenvalue weighted by molar-refractivity contribution is 5.93. The van der Waals surface area contributed by atoms with Gasteiger partial charge in [-0.2, -0.15) is 0 Å². The lowest BCUT2D eigenvalue weighted by Crippen LogP contribution is -2.28. The monoisotopic (exact) mass is 221 g/mol. The van der Waals surface area contributed by atoms with Gasteiger partial charge in [0.1, 0.15) is 5.69 Å². The van der Waals surface area contributed by atoms with Crippen molar-refractivity contribution >= 4 is 11.6 Å². The second-order valence-electron chi connectivity index (χ2n) is 4.61. The Bertz CT molecular complexity index is 380. The number of carbonyl (C=O) groups is 1. The molecule has 1 aliphatic rings. The number of aryl methyl sites for hydroxylation is 1. The molecule has 0 bridgehead atoms. The first-order chi connectivity index (χ1) is 7.66. The molecule has 0 radical (unpaired) electrons. The van der Waals surface area contributed by atoms with Gasteiger partial charge < -0.3 is 15.6 Å². The highest BCUT2D eigenvalue weighted by Crippen LogP contribution is 2.28. The van der Waals surface area contributed by atoms with Crippen molar-refractivity contribution in [3.8, 4) is 0 Å². The lowest BCUT2D eigenvalue weighted by molar-refractivity contribution is 0.0941. The van der Waals surface area contributed by atoms with Gasteiger partial charge in [0.25, 0.3) is 5.91 Å². The second-order valence-corrected chi connectivity index (χ2v) is 4.61. The number of nitrogens with one attached hydrogen (secondary N) is 1. The summed E-state index contributed by atoms with van der Waals surface area (Å²) in [6, 6.07) is 1.71. The third kappa shape index (κ3) is 2.38. The average Bonchev–Trinajstić information content (AvgIpc) is 2.49. The van der Waals surface area contributed by atoms with E-state index in [4.69, 9.17) is 5.73 Å². The van der Waals surface area contributed by atoms with Crippen molar-refractivity contribution in [2.24, 2.45) is 13.0 Å². The van der Waals surface area contributed by atoms with Crippen molar-refractivity contribution in [1.82, 2.24) is 9.88 Å². The molecule has 1 saturated carbocycles. The first kappa shape index (κ1) is 11.0. The molecule has 1 aromatic rings. The van der Waals surface area contributed by atoms with E-state index in [0.29, 0.717) is 11.4 Å². The van der Waals surface area contributed by atoms with Crippen LogP contribution in [0.3, 0.4) is 0 Å².